The van der Waals surface area contributed by atoms with Crippen molar-refractivity contribution >= 4 is 11.4 Å². The molecular weight excluding hydrogens is 352 g/mol. The van der Waals surface area contributed by atoms with Gasteiger partial charge in [0.05, 0.1) is 0 Å². The first-order valence-electron chi connectivity index (χ1n) is 9.92. The maximum atomic E-state index is 6.55. The Morgan fingerprint density at radius 1 is 0.655 bits per heavy atom. The van der Waals surface area contributed by atoms with Gasteiger partial charge in [-0.25, -0.2) is 0 Å². The van der Waals surface area contributed by atoms with Crippen molar-refractivity contribution in [2.45, 2.75) is 20.3 Å². The van der Waals surface area contributed by atoms with E-state index in [9.17, 15) is 0 Å². The molecule has 0 heterocycles. The second-order valence-electron chi connectivity index (χ2n) is 7.59. The normalized spacial score (nSPS) is 10.8. The Morgan fingerprint density at radius 2 is 1.38 bits per heavy atom. The Balaban J connectivity index is 2.00. The molecule has 4 aromatic carbocycles. The highest BCUT2D eigenvalue weighted by Gasteiger charge is 2.18. The van der Waals surface area contributed by atoms with E-state index in [2.05, 4.69) is 74.5 Å². The third-order valence-corrected chi connectivity index (χ3v) is 5.67. The van der Waals surface area contributed by atoms with Crippen molar-refractivity contribution in [1.29, 1.82) is 0 Å². The van der Waals surface area contributed by atoms with Crippen LogP contribution in [0.25, 0.3) is 22.3 Å². The van der Waals surface area contributed by atoms with Gasteiger partial charge in [-0.3, -0.25) is 0 Å². The summed E-state index contributed by atoms with van der Waals surface area (Å²) in [7, 11) is 0. The molecule has 0 spiro atoms. The fourth-order valence-electron chi connectivity index (χ4n) is 3.89. The van der Waals surface area contributed by atoms with Crippen LogP contribution in [0.1, 0.15) is 22.3 Å². The molecular formula is C27H26N2. The van der Waals surface area contributed by atoms with Gasteiger partial charge in [0.15, 0.2) is 0 Å². The molecule has 0 saturated heterocycles. The van der Waals surface area contributed by atoms with Crippen LogP contribution in [-0.4, -0.2) is 0 Å². The average molecular weight is 379 g/mol. The number of anilines is 2. The summed E-state index contributed by atoms with van der Waals surface area (Å²) in [6, 6.07) is 29.2. The number of nitrogen functional groups attached to an aromatic ring is 2. The minimum atomic E-state index is 0.766. The van der Waals surface area contributed by atoms with Gasteiger partial charge in [0.1, 0.15) is 0 Å². The fraction of sp³-hybridized carbons (Fsp3) is 0.111. The van der Waals surface area contributed by atoms with Crippen LogP contribution < -0.4 is 11.5 Å². The molecule has 4 aromatic rings. The zero-order chi connectivity index (χ0) is 20.4. The number of nitrogens with two attached hydrogens (primary N) is 2. The Hall–Kier alpha value is -3.52. The lowest BCUT2D eigenvalue weighted by Crippen LogP contribution is -2.02. The highest BCUT2D eigenvalue weighted by atomic mass is 14.6. The average Bonchev–Trinajstić information content (AvgIpc) is 2.73. The van der Waals surface area contributed by atoms with Crippen LogP contribution >= 0.6 is 0 Å². The number of rotatable bonds is 4. The first-order chi connectivity index (χ1) is 14.0. The summed E-state index contributed by atoms with van der Waals surface area (Å²) in [4.78, 5) is 0. The van der Waals surface area contributed by atoms with E-state index in [0.29, 0.717) is 0 Å². The summed E-state index contributed by atoms with van der Waals surface area (Å²) in [5, 5.41) is 0. The van der Waals surface area contributed by atoms with Gasteiger partial charge in [-0.1, -0.05) is 66.7 Å². The smallest absolute Gasteiger partial charge is 0.0356 e. The zero-order valence-electron chi connectivity index (χ0n) is 16.9. The first-order valence-corrected chi connectivity index (χ1v) is 9.92. The highest BCUT2D eigenvalue weighted by molar-refractivity contribution is 5.90. The predicted octanol–water partition coefficient (Wildman–Crippen LogP) is 6.39. The van der Waals surface area contributed by atoms with Gasteiger partial charge in [0.2, 0.25) is 0 Å². The van der Waals surface area contributed by atoms with Gasteiger partial charge in [0.25, 0.3) is 0 Å². The lowest BCUT2D eigenvalue weighted by molar-refractivity contribution is 1.19. The molecule has 0 aliphatic rings. The molecule has 0 unspecified atom stereocenters. The molecule has 0 amide bonds. The molecule has 0 aromatic heterocycles. The fourth-order valence-corrected chi connectivity index (χ4v) is 3.89. The molecule has 29 heavy (non-hydrogen) atoms. The quantitative estimate of drug-likeness (QED) is 0.404. The molecule has 0 radical (unpaired) electrons. The maximum absolute atomic E-state index is 6.55. The van der Waals surface area contributed by atoms with E-state index in [0.717, 1.165) is 23.4 Å². The summed E-state index contributed by atoms with van der Waals surface area (Å²) in [5.41, 5.74) is 23.8. The molecule has 0 atom stereocenters. The van der Waals surface area contributed by atoms with Gasteiger partial charge in [-0.15, -0.1) is 0 Å². The lowest BCUT2D eigenvalue weighted by Gasteiger charge is -2.20. The monoisotopic (exact) mass is 378 g/mol. The minimum absolute atomic E-state index is 0.766. The SMILES string of the molecule is Cc1cccc(-c2c(-c3ccc(N)cc3)ccc(N)c2Cc2ccccc2)c1C. The van der Waals surface area contributed by atoms with Crippen molar-refractivity contribution in [3.8, 4) is 22.3 Å². The molecule has 0 fully saturated rings. The maximum Gasteiger partial charge on any atom is 0.0356 e. The van der Waals surface area contributed by atoms with E-state index < -0.39 is 0 Å². The molecule has 2 heteroatoms. The van der Waals surface area contributed by atoms with Crippen LogP contribution in [0, 0.1) is 13.8 Å². The van der Waals surface area contributed by atoms with Gasteiger partial charge >= 0.3 is 0 Å². The van der Waals surface area contributed by atoms with Crippen LogP contribution in [-0.2, 0) is 6.42 Å². The second-order valence-corrected chi connectivity index (χ2v) is 7.59. The Kier molecular flexibility index (Phi) is 5.09. The van der Waals surface area contributed by atoms with Crippen molar-refractivity contribution in [3.63, 3.8) is 0 Å². The molecule has 2 nitrogen and oxygen atoms in total. The van der Waals surface area contributed by atoms with Crippen molar-refractivity contribution in [2.24, 2.45) is 0 Å². The zero-order valence-corrected chi connectivity index (χ0v) is 16.9. The third kappa shape index (κ3) is 3.74. The summed E-state index contributed by atoms with van der Waals surface area (Å²) in [6.07, 6.45) is 0.790. The van der Waals surface area contributed by atoms with E-state index in [-0.39, 0.29) is 0 Å². The summed E-state index contributed by atoms with van der Waals surface area (Å²) >= 11 is 0. The lowest BCUT2D eigenvalue weighted by atomic mass is 9.84. The molecule has 0 aliphatic carbocycles. The minimum Gasteiger partial charge on any atom is -0.399 e. The first kappa shape index (κ1) is 18.8. The topological polar surface area (TPSA) is 52.0 Å². The van der Waals surface area contributed by atoms with Crippen LogP contribution in [0.2, 0.25) is 0 Å². The van der Waals surface area contributed by atoms with Crippen LogP contribution in [0.15, 0.2) is 84.9 Å². The molecule has 4 rings (SSSR count). The molecule has 0 bridgehead atoms. The van der Waals surface area contributed by atoms with Crippen molar-refractivity contribution in [1.82, 2.24) is 0 Å². The van der Waals surface area contributed by atoms with Crippen molar-refractivity contribution < 1.29 is 0 Å². The van der Waals surface area contributed by atoms with Crippen LogP contribution in [0.3, 0.4) is 0 Å². The molecule has 0 aliphatic heterocycles. The summed E-state index contributed by atoms with van der Waals surface area (Å²) < 4.78 is 0. The third-order valence-electron chi connectivity index (χ3n) is 5.67. The van der Waals surface area contributed by atoms with E-state index in [4.69, 9.17) is 11.5 Å². The van der Waals surface area contributed by atoms with Gasteiger partial charge in [-0.2, -0.15) is 0 Å². The standard InChI is InChI=1S/C27H26N2/c1-18-7-6-10-23(19(18)2)27-24(21-11-13-22(28)14-12-21)15-16-26(29)25(27)17-20-8-4-3-5-9-20/h3-16H,17,28-29H2,1-2H3. The van der Waals surface area contributed by atoms with Gasteiger partial charge in [-0.05, 0) is 76.6 Å². The number of hydrogen-bond acceptors (Lipinski definition) is 2. The summed E-state index contributed by atoms with van der Waals surface area (Å²) in [5.74, 6) is 0. The molecule has 144 valence electrons. The molecule has 4 N–H and O–H groups in total. The van der Waals surface area contributed by atoms with E-state index in [1.54, 1.807) is 0 Å². The van der Waals surface area contributed by atoms with E-state index in [1.807, 2.05) is 24.3 Å². The van der Waals surface area contributed by atoms with Crippen LogP contribution in [0.5, 0.6) is 0 Å². The summed E-state index contributed by atoms with van der Waals surface area (Å²) in [6.45, 7) is 4.35. The van der Waals surface area contributed by atoms with E-state index in [1.165, 1.54) is 38.9 Å². The number of benzene rings is 4. The highest BCUT2D eigenvalue weighted by Crippen LogP contribution is 2.40. The van der Waals surface area contributed by atoms with Crippen molar-refractivity contribution in [2.75, 3.05) is 11.5 Å². The number of aryl methyl sites for hydroxylation is 1. The Bertz CT molecular complexity index is 1140. The molecule has 0 saturated carbocycles. The number of hydrogen-bond donors (Lipinski definition) is 2. The van der Waals surface area contributed by atoms with E-state index >= 15 is 0 Å². The van der Waals surface area contributed by atoms with Gasteiger partial charge < -0.3 is 11.5 Å². The van der Waals surface area contributed by atoms with Crippen LogP contribution in [0.4, 0.5) is 11.4 Å². The second kappa shape index (κ2) is 7.84. The van der Waals surface area contributed by atoms with Crippen molar-refractivity contribution in [3.05, 3.63) is 107 Å². The Labute approximate surface area is 172 Å². The predicted molar refractivity (Wildman–Crippen MR) is 125 cm³/mol. The largest absolute Gasteiger partial charge is 0.399 e. The Morgan fingerprint density at radius 3 is 2.10 bits per heavy atom. The van der Waals surface area contributed by atoms with Gasteiger partial charge in [0, 0.05) is 17.8 Å².